The standard InChI is InChI=1S/C21H40N6O/c1-6-20-26-23-15-27(20)13-12-22-21(24-17(4)10-7-9-16(2)3)25-18(5)19-11-8-14-28-19/h15-19H,6-14H2,1-5H3,(H2,22,24,25). The quantitative estimate of drug-likeness (QED) is 0.447. The van der Waals surface area contributed by atoms with Crippen LogP contribution in [0.1, 0.15) is 72.5 Å². The van der Waals surface area contributed by atoms with Gasteiger partial charge in [-0.15, -0.1) is 10.2 Å². The van der Waals surface area contributed by atoms with E-state index in [0.717, 1.165) is 56.5 Å². The Bertz CT molecular complexity index is 579. The Morgan fingerprint density at radius 3 is 2.79 bits per heavy atom. The minimum atomic E-state index is 0.248. The van der Waals surface area contributed by atoms with E-state index in [1.807, 2.05) is 0 Å². The van der Waals surface area contributed by atoms with E-state index >= 15 is 0 Å². The maximum atomic E-state index is 5.84. The minimum Gasteiger partial charge on any atom is -0.376 e. The highest BCUT2D eigenvalue weighted by Crippen LogP contribution is 2.15. The number of aryl methyl sites for hydroxylation is 1. The molecule has 0 saturated carbocycles. The minimum absolute atomic E-state index is 0.248. The van der Waals surface area contributed by atoms with Crippen LogP contribution in [0.25, 0.3) is 0 Å². The summed E-state index contributed by atoms with van der Waals surface area (Å²) in [5.41, 5.74) is 0. The number of nitrogens with zero attached hydrogens (tertiary/aromatic N) is 4. The van der Waals surface area contributed by atoms with E-state index in [1.165, 1.54) is 12.8 Å². The number of ether oxygens (including phenoxy) is 1. The molecule has 1 aliphatic heterocycles. The fourth-order valence-corrected chi connectivity index (χ4v) is 3.59. The number of aromatic nitrogens is 3. The fourth-order valence-electron chi connectivity index (χ4n) is 3.59. The molecule has 1 aromatic heterocycles. The number of aliphatic imine (C=N–C) groups is 1. The molecule has 0 radical (unpaired) electrons. The van der Waals surface area contributed by atoms with Crippen LogP contribution in [-0.4, -0.2) is 52.1 Å². The molecule has 3 atom stereocenters. The van der Waals surface area contributed by atoms with Crippen molar-refractivity contribution in [1.82, 2.24) is 25.4 Å². The molecular weight excluding hydrogens is 352 g/mol. The van der Waals surface area contributed by atoms with Crippen molar-refractivity contribution < 1.29 is 4.74 Å². The number of rotatable bonds is 11. The third-order valence-electron chi connectivity index (χ3n) is 5.31. The highest BCUT2D eigenvalue weighted by Gasteiger charge is 2.23. The normalized spacial score (nSPS) is 19.8. The number of hydrogen-bond donors (Lipinski definition) is 2. The van der Waals surface area contributed by atoms with Crippen molar-refractivity contribution >= 4 is 5.96 Å². The van der Waals surface area contributed by atoms with E-state index < -0.39 is 0 Å². The van der Waals surface area contributed by atoms with Crippen molar-refractivity contribution in [2.75, 3.05) is 13.2 Å². The molecule has 1 saturated heterocycles. The summed E-state index contributed by atoms with van der Waals surface area (Å²) >= 11 is 0. The zero-order valence-electron chi connectivity index (χ0n) is 18.4. The largest absolute Gasteiger partial charge is 0.376 e. The first kappa shape index (κ1) is 22.7. The van der Waals surface area contributed by atoms with Crippen LogP contribution < -0.4 is 10.6 Å². The average Bonchev–Trinajstić information content (AvgIpc) is 3.33. The van der Waals surface area contributed by atoms with Gasteiger partial charge in [-0.1, -0.05) is 33.6 Å². The van der Waals surface area contributed by atoms with Crippen LogP contribution in [0.3, 0.4) is 0 Å². The molecule has 160 valence electrons. The summed E-state index contributed by atoms with van der Waals surface area (Å²) in [7, 11) is 0. The topological polar surface area (TPSA) is 76.4 Å². The van der Waals surface area contributed by atoms with E-state index in [4.69, 9.17) is 9.73 Å². The van der Waals surface area contributed by atoms with Crippen LogP contribution in [0.4, 0.5) is 0 Å². The highest BCUT2D eigenvalue weighted by molar-refractivity contribution is 5.80. The predicted molar refractivity (Wildman–Crippen MR) is 115 cm³/mol. The molecule has 2 N–H and O–H groups in total. The first-order valence-electron chi connectivity index (χ1n) is 11.0. The Hall–Kier alpha value is -1.63. The van der Waals surface area contributed by atoms with Gasteiger partial charge in [0.1, 0.15) is 12.2 Å². The van der Waals surface area contributed by atoms with Crippen LogP contribution in [0.2, 0.25) is 0 Å². The lowest BCUT2D eigenvalue weighted by Crippen LogP contribution is -2.49. The smallest absolute Gasteiger partial charge is 0.191 e. The van der Waals surface area contributed by atoms with Crippen molar-refractivity contribution in [3.8, 4) is 0 Å². The number of hydrogen-bond acceptors (Lipinski definition) is 4. The van der Waals surface area contributed by atoms with Gasteiger partial charge >= 0.3 is 0 Å². The highest BCUT2D eigenvalue weighted by atomic mass is 16.5. The molecule has 7 heteroatoms. The van der Waals surface area contributed by atoms with Gasteiger partial charge in [0.05, 0.1) is 18.7 Å². The van der Waals surface area contributed by atoms with Gasteiger partial charge in [-0.3, -0.25) is 4.99 Å². The predicted octanol–water partition coefficient (Wildman–Crippen LogP) is 3.16. The van der Waals surface area contributed by atoms with Crippen LogP contribution in [0, 0.1) is 5.92 Å². The van der Waals surface area contributed by atoms with Gasteiger partial charge in [-0.25, -0.2) is 0 Å². The summed E-state index contributed by atoms with van der Waals surface area (Å²) < 4.78 is 7.92. The zero-order chi connectivity index (χ0) is 20.4. The molecule has 2 rings (SSSR count). The monoisotopic (exact) mass is 392 g/mol. The lowest BCUT2D eigenvalue weighted by Gasteiger charge is -2.25. The van der Waals surface area contributed by atoms with Crippen LogP contribution in [0.5, 0.6) is 0 Å². The molecular formula is C21H40N6O. The van der Waals surface area contributed by atoms with Crippen molar-refractivity contribution in [3.05, 3.63) is 12.2 Å². The number of nitrogens with one attached hydrogen (secondary N) is 2. The summed E-state index contributed by atoms with van der Waals surface area (Å²) in [5, 5.41) is 15.3. The molecule has 0 spiro atoms. The van der Waals surface area contributed by atoms with E-state index in [0.29, 0.717) is 12.6 Å². The molecule has 3 unspecified atom stereocenters. The maximum absolute atomic E-state index is 5.84. The Labute approximate surface area is 170 Å². The van der Waals surface area contributed by atoms with Crippen molar-refractivity contribution in [1.29, 1.82) is 0 Å². The fraction of sp³-hybridized carbons (Fsp3) is 0.857. The second-order valence-electron chi connectivity index (χ2n) is 8.38. The van der Waals surface area contributed by atoms with Gasteiger partial charge in [0.15, 0.2) is 5.96 Å². The molecule has 1 aliphatic rings. The first-order valence-corrected chi connectivity index (χ1v) is 11.0. The molecule has 0 aliphatic carbocycles. The van der Waals surface area contributed by atoms with Crippen LogP contribution in [-0.2, 0) is 17.7 Å². The van der Waals surface area contributed by atoms with E-state index in [-0.39, 0.29) is 12.1 Å². The number of guanidine groups is 1. The molecule has 28 heavy (non-hydrogen) atoms. The molecule has 0 aromatic carbocycles. The first-order chi connectivity index (χ1) is 13.5. The Balaban J connectivity index is 1.91. The van der Waals surface area contributed by atoms with E-state index in [1.54, 1.807) is 6.33 Å². The van der Waals surface area contributed by atoms with Crippen LogP contribution >= 0.6 is 0 Å². The van der Waals surface area contributed by atoms with Crippen molar-refractivity contribution in [2.24, 2.45) is 10.9 Å². The molecule has 0 bridgehead atoms. The van der Waals surface area contributed by atoms with Gasteiger partial charge < -0.3 is 19.9 Å². The third kappa shape index (κ3) is 7.78. The van der Waals surface area contributed by atoms with Crippen molar-refractivity contribution in [2.45, 2.75) is 97.9 Å². The van der Waals surface area contributed by atoms with Gasteiger partial charge in [-0.2, -0.15) is 0 Å². The van der Waals surface area contributed by atoms with E-state index in [9.17, 15) is 0 Å². The molecule has 2 heterocycles. The van der Waals surface area contributed by atoms with Crippen molar-refractivity contribution in [3.63, 3.8) is 0 Å². The van der Waals surface area contributed by atoms with Gasteiger partial charge in [0, 0.05) is 25.6 Å². The summed E-state index contributed by atoms with van der Waals surface area (Å²) in [6, 6.07) is 0.639. The maximum Gasteiger partial charge on any atom is 0.191 e. The lowest BCUT2D eigenvalue weighted by atomic mass is 10.0. The van der Waals surface area contributed by atoms with Gasteiger partial charge in [-0.05, 0) is 39.0 Å². The molecule has 1 aromatic rings. The third-order valence-corrected chi connectivity index (χ3v) is 5.31. The Morgan fingerprint density at radius 2 is 2.11 bits per heavy atom. The summed E-state index contributed by atoms with van der Waals surface area (Å²) in [6.07, 6.45) is 8.87. The second-order valence-corrected chi connectivity index (χ2v) is 8.38. The van der Waals surface area contributed by atoms with Gasteiger partial charge in [0.2, 0.25) is 0 Å². The summed E-state index contributed by atoms with van der Waals surface area (Å²) in [4.78, 5) is 4.83. The molecule has 7 nitrogen and oxygen atoms in total. The Morgan fingerprint density at radius 1 is 1.29 bits per heavy atom. The summed E-state index contributed by atoms with van der Waals surface area (Å²) in [6.45, 7) is 13.4. The zero-order valence-corrected chi connectivity index (χ0v) is 18.4. The van der Waals surface area contributed by atoms with Gasteiger partial charge in [0.25, 0.3) is 0 Å². The Kier molecular flexibility index (Phi) is 9.75. The lowest BCUT2D eigenvalue weighted by molar-refractivity contribution is 0.0889. The SMILES string of the molecule is CCc1nncn1CCN=C(NC(C)CCCC(C)C)NC(C)C1CCCO1. The second kappa shape index (κ2) is 12.0. The van der Waals surface area contributed by atoms with Crippen LogP contribution in [0.15, 0.2) is 11.3 Å². The molecule has 1 fully saturated rings. The molecule has 0 amide bonds. The average molecular weight is 393 g/mol. The van der Waals surface area contributed by atoms with E-state index in [2.05, 4.69) is 60.0 Å². The summed E-state index contributed by atoms with van der Waals surface area (Å²) in [5.74, 6) is 2.65.